The number of sulfone groups is 1. The molecule has 0 saturated heterocycles. The van der Waals surface area contributed by atoms with Crippen LogP contribution in [0.5, 0.6) is 0 Å². The SMILES string of the molecule is Nc1ccc(=O)n(CCS(=O)(=O)c2ccccc2Cl)c1. The van der Waals surface area contributed by atoms with Gasteiger partial charge in [-0.3, -0.25) is 4.79 Å². The zero-order valence-electron chi connectivity index (χ0n) is 10.5. The Kier molecular flexibility index (Phi) is 4.15. The van der Waals surface area contributed by atoms with E-state index < -0.39 is 9.84 Å². The van der Waals surface area contributed by atoms with Gasteiger partial charge in [0.1, 0.15) is 0 Å². The third-order valence-corrected chi connectivity index (χ3v) is 4.97. The van der Waals surface area contributed by atoms with Gasteiger partial charge in [0, 0.05) is 24.5 Å². The zero-order chi connectivity index (χ0) is 14.8. The molecule has 0 fully saturated rings. The highest BCUT2D eigenvalue weighted by Crippen LogP contribution is 2.21. The van der Waals surface area contributed by atoms with E-state index >= 15 is 0 Å². The largest absolute Gasteiger partial charge is 0.398 e. The van der Waals surface area contributed by atoms with Crippen molar-refractivity contribution >= 4 is 27.1 Å². The fourth-order valence-corrected chi connectivity index (χ4v) is 3.55. The van der Waals surface area contributed by atoms with Crippen LogP contribution in [0.3, 0.4) is 0 Å². The normalized spacial score (nSPS) is 11.4. The van der Waals surface area contributed by atoms with Gasteiger partial charge in [0.2, 0.25) is 0 Å². The monoisotopic (exact) mass is 312 g/mol. The first-order chi connectivity index (χ1) is 9.40. The van der Waals surface area contributed by atoms with Crippen LogP contribution < -0.4 is 11.3 Å². The number of nitrogens with zero attached hydrogens (tertiary/aromatic N) is 1. The minimum atomic E-state index is -3.55. The summed E-state index contributed by atoms with van der Waals surface area (Å²) < 4.78 is 25.7. The third-order valence-electron chi connectivity index (χ3n) is 2.78. The van der Waals surface area contributed by atoms with Gasteiger partial charge in [-0.05, 0) is 18.2 Å². The second-order valence-corrected chi connectivity index (χ2v) is 6.73. The summed E-state index contributed by atoms with van der Waals surface area (Å²) in [6, 6.07) is 8.99. The van der Waals surface area contributed by atoms with Crippen molar-refractivity contribution in [1.82, 2.24) is 4.57 Å². The number of rotatable bonds is 4. The summed E-state index contributed by atoms with van der Waals surface area (Å²) in [6.45, 7) is 0.0252. The van der Waals surface area contributed by atoms with Crippen LogP contribution in [-0.2, 0) is 16.4 Å². The van der Waals surface area contributed by atoms with Crippen LogP contribution in [0, 0.1) is 0 Å². The van der Waals surface area contributed by atoms with Crippen molar-refractivity contribution in [3.63, 3.8) is 0 Å². The van der Waals surface area contributed by atoms with Crippen molar-refractivity contribution in [2.24, 2.45) is 0 Å². The average molecular weight is 313 g/mol. The van der Waals surface area contributed by atoms with E-state index in [1.807, 2.05) is 0 Å². The van der Waals surface area contributed by atoms with Gasteiger partial charge in [0.05, 0.1) is 15.7 Å². The predicted molar refractivity (Wildman–Crippen MR) is 78.6 cm³/mol. The molecule has 0 radical (unpaired) electrons. The fraction of sp³-hybridized carbons (Fsp3) is 0.154. The number of halogens is 1. The van der Waals surface area contributed by atoms with E-state index in [2.05, 4.69) is 0 Å². The number of nitrogen functional groups attached to an aromatic ring is 1. The van der Waals surface area contributed by atoms with Crippen molar-refractivity contribution in [1.29, 1.82) is 0 Å². The first-order valence-electron chi connectivity index (χ1n) is 5.83. The Morgan fingerprint density at radius 3 is 2.55 bits per heavy atom. The average Bonchev–Trinajstić information content (AvgIpc) is 2.40. The second-order valence-electron chi connectivity index (χ2n) is 4.24. The number of nitrogens with two attached hydrogens (primary N) is 1. The lowest BCUT2D eigenvalue weighted by atomic mass is 10.4. The van der Waals surface area contributed by atoms with Crippen LogP contribution in [0.15, 0.2) is 52.3 Å². The van der Waals surface area contributed by atoms with Crippen molar-refractivity contribution in [3.8, 4) is 0 Å². The van der Waals surface area contributed by atoms with Crippen LogP contribution in [0.1, 0.15) is 0 Å². The molecule has 0 bridgehead atoms. The molecule has 1 aromatic carbocycles. The number of benzene rings is 1. The molecule has 7 heteroatoms. The van der Waals surface area contributed by atoms with E-state index in [4.69, 9.17) is 17.3 Å². The number of aryl methyl sites for hydroxylation is 1. The fourth-order valence-electron chi connectivity index (χ4n) is 1.75. The molecule has 0 aliphatic rings. The van der Waals surface area contributed by atoms with E-state index in [0.29, 0.717) is 5.69 Å². The molecule has 106 valence electrons. The minimum absolute atomic E-state index is 0.0252. The van der Waals surface area contributed by atoms with Gasteiger partial charge < -0.3 is 10.3 Å². The van der Waals surface area contributed by atoms with E-state index in [1.165, 1.54) is 35.0 Å². The van der Waals surface area contributed by atoms with Crippen LogP contribution in [0.4, 0.5) is 5.69 Å². The maximum Gasteiger partial charge on any atom is 0.250 e. The predicted octanol–water partition coefficient (Wildman–Crippen LogP) is 1.56. The molecular weight excluding hydrogens is 300 g/mol. The summed E-state index contributed by atoms with van der Waals surface area (Å²) in [4.78, 5) is 11.6. The van der Waals surface area contributed by atoms with E-state index in [-0.39, 0.29) is 27.8 Å². The lowest BCUT2D eigenvalue weighted by Gasteiger charge is -2.08. The summed E-state index contributed by atoms with van der Waals surface area (Å²) in [5.74, 6) is -0.222. The molecule has 0 amide bonds. The molecule has 5 nitrogen and oxygen atoms in total. The Bertz CT molecular complexity index is 784. The highest BCUT2D eigenvalue weighted by molar-refractivity contribution is 7.91. The molecule has 1 aromatic heterocycles. The molecule has 0 atom stereocenters. The van der Waals surface area contributed by atoms with Crippen molar-refractivity contribution in [2.45, 2.75) is 11.4 Å². The topological polar surface area (TPSA) is 82.2 Å². The maximum atomic E-state index is 12.2. The van der Waals surface area contributed by atoms with E-state index in [1.54, 1.807) is 12.1 Å². The highest BCUT2D eigenvalue weighted by Gasteiger charge is 2.17. The molecule has 0 saturated carbocycles. The van der Waals surface area contributed by atoms with E-state index in [9.17, 15) is 13.2 Å². The van der Waals surface area contributed by atoms with Crippen LogP contribution in [-0.4, -0.2) is 18.7 Å². The summed E-state index contributed by atoms with van der Waals surface area (Å²) >= 11 is 5.88. The van der Waals surface area contributed by atoms with Gasteiger partial charge >= 0.3 is 0 Å². The first-order valence-corrected chi connectivity index (χ1v) is 7.86. The Labute approximate surface area is 121 Å². The summed E-state index contributed by atoms with van der Waals surface area (Å²) in [5.41, 5.74) is 5.68. The smallest absolute Gasteiger partial charge is 0.250 e. The number of hydrogen-bond acceptors (Lipinski definition) is 4. The Morgan fingerprint density at radius 2 is 1.85 bits per heavy atom. The molecule has 0 spiro atoms. The van der Waals surface area contributed by atoms with Crippen LogP contribution >= 0.6 is 11.6 Å². The quantitative estimate of drug-likeness (QED) is 0.928. The van der Waals surface area contributed by atoms with Gasteiger partial charge in [0.15, 0.2) is 9.84 Å². The van der Waals surface area contributed by atoms with Crippen LogP contribution in [0.2, 0.25) is 5.02 Å². The first kappa shape index (κ1) is 14.6. The Balaban J connectivity index is 2.24. The van der Waals surface area contributed by atoms with E-state index in [0.717, 1.165) is 0 Å². The van der Waals surface area contributed by atoms with Gasteiger partial charge in [-0.25, -0.2) is 8.42 Å². The maximum absolute atomic E-state index is 12.2. The van der Waals surface area contributed by atoms with Crippen molar-refractivity contribution in [3.05, 3.63) is 58.0 Å². The molecule has 2 rings (SSSR count). The van der Waals surface area contributed by atoms with Gasteiger partial charge in [0.25, 0.3) is 5.56 Å². The number of anilines is 1. The van der Waals surface area contributed by atoms with Gasteiger partial charge in [-0.15, -0.1) is 0 Å². The zero-order valence-corrected chi connectivity index (χ0v) is 12.1. The van der Waals surface area contributed by atoms with Crippen molar-refractivity contribution in [2.75, 3.05) is 11.5 Å². The molecule has 0 aliphatic heterocycles. The highest BCUT2D eigenvalue weighted by atomic mass is 35.5. The van der Waals surface area contributed by atoms with Crippen LogP contribution in [0.25, 0.3) is 0 Å². The number of aromatic nitrogens is 1. The standard InChI is InChI=1S/C13H13ClN2O3S/c14-11-3-1-2-4-12(11)20(18,19)8-7-16-9-10(15)5-6-13(16)17/h1-6,9H,7-8,15H2. The van der Waals surface area contributed by atoms with Gasteiger partial charge in [-0.2, -0.15) is 0 Å². The second kappa shape index (κ2) is 5.68. The lowest BCUT2D eigenvalue weighted by molar-refractivity contribution is 0.587. The number of pyridine rings is 1. The molecular formula is C13H13ClN2O3S. The molecule has 0 aliphatic carbocycles. The molecule has 2 aromatic rings. The summed E-state index contributed by atoms with van der Waals surface area (Å²) in [6.07, 6.45) is 1.42. The van der Waals surface area contributed by atoms with Crippen molar-refractivity contribution < 1.29 is 8.42 Å². The van der Waals surface area contributed by atoms with Gasteiger partial charge in [-0.1, -0.05) is 23.7 Å². The Hall–Kier alpha value is -1.79. The molecule has 2 N–H and O–H groups in total. The summed E-state index contributed by atoms with van der Waals surface area (Å²) in [5, 5.41) is 0.174. The lowest BCUT2D eigenvalue weighted by Crippen LogP contribution is -2.23. The molecule has 1 heterocycles. The molecule has 20 heavy (non-hydrogen) atoms. The third kappa shape index (κ3) is 3.20. The molecule has 0 unspecified atom stereocenters. The Morgan fingerprint density at radius 1 is 1.15 bits per heavy atom. The summed E-state index contributed by atoms with van der Waals surface area (Å²) in [7, 11) is -3.55. The minimum Gasteiger partial charge on any atom is -0.398 e. The number of hydrogen-bond donors (Lipinski definition) is 1.